The van der Waals surface area contributed by atoms with Crippen LogP contribution < -0.4 is 0 Å². The number of aliphatic hydroxyl groups is 2. The topological polar surface area (TPSA) is 40.5 Å². The van der Waals surface area contributed by atoms with Crippen LogP contribution in [0.4, 0.5) is 0 Å². The number of hydrogen-bond donors (Lipinski definition) is 2. The molecule has 48 heavy (non-hydrogen) atoms. The first-order valence-electron chi connectivity index (χ1n) is 16.4. The number of rotatable bonds is 2. The van der Waals surface area contributed by atoms with Gasteiger partial charge in [-0.25, -0.2) is 0 Å². The third-order valence-corrected chi connectivity index (χ3v) is 12.5. The van der Waals surface area contributed by atoms with Crippen LogP contribution in [0.5, 0.6) is 0 Å². The lowest BCUT2D eigenvalue weighted by Gasteiger charge is -2.45. The fraction of sp³-hybridized carbons (Fsp3) is 0.182. The molecule has 0 aliphatic heterocycles. The van der Waals surface area contributed by atoms with Crippen molar-refractivity contribution in [3.8, 4) is 22.3 Å². The minimum absolute atomic E-state index is 0.231. The first kappa shape index (κ1) is 30.3. The molecule has 2 N–H and O–H groups in total. The van der Waals surface area contributed by atoms with Crippen LogP contribution in [-0.4, -0.2) is 10.2 Å². The van der Waals surface area contributed by atoms with Gasteiger partial charge in [-0.05, 0) is 91.0 Å². The normalized spacial score (nSPS) is 21.8. The molecule has 0 saturated heterocycles. The molecule has 0 aromatic heterocycles. The Labute approximate surface area is 298 Å². The molecule has 6 aromatic carbocycles. The molecule has 0 heterocycles. The van der Waals surface area contributed by atoms with Gasteiger partial charge in [0.15, 0.2) is 0 Å². The lowest BCUT2D eigenvalue weighted by molar-refractivity contribution is 0.0745. The highest BCUT2D eigenvalue weighted by Gasteiger charge is 2.52. The van der Waals surface area contributed by atoms with Crippen LogP contribution in [0.15, 0.2) is 130 Å². The molecule has 2 nitrogen and oxygen atoms in total. The van der Waals surface area contributed by atoms with E-state index in [1.807, 2.05) is 36.4 Å². The maximum absolute atomic E-state index is 13.4. The Morgan fingerprint density at radius 1 is 0.375 bits per heavy atom. The molecule has 0 spiro atoms. The third-order valence-electron chi connectivity index (χ3n) is 11.5. The van der Waals surface area contributed by atoms with Gasteiger partial charge in [-0.2, -0.15) is 0 Å². The van der Waals surface area contributed by atoms with Gasteiger partial charge in [0.25, 0.3) is 0 Å². The summed E-state index contributed by atoms with van der Waals surface area (Å²) in [5.41, 5.74) is 10.5. The monoisotopic (exact) mass is 752 g/mol. The fourth-order valence-electron chi connectivity index (χ4n) is 9.03. The van der Waals surface area contributed by atoms with Gasteiger partial charge < -0.3 is 10.2 Å². The summed E-state index contributed by atoms with van der Waals surface area (Å²) in [6.07, 6.45) is 0. The molecule has 0 radical (unpaired) electrons. The van der Waals surface area contributed by atoms with E-state index < -0.39 is 11.2 Å². The quantitative estimate of drug-likeness (QED) is 0.185. The second-order valence-electron chi connectivity index (χ2n) is 14.7. The van der Waals surface area contributed by atoms with E-state index in [0.717, 1.165) is 20.1 Å². The molecule has 4 heteroatoms. The van der Waals surface area contributed by atoms with Gasteiger partial charge in [-0.3, -0.25) is 0 Å². The molecule has 2 atom stereocenters. The van der Waals surface area contributed by atoms with Crippen LogP contribution in [0.3, 0.4) is 0 Å². The van der Waals surface area contributed by atoms with Crippen molar-refractivity contribution in [3.05, 3.63) is 186 Å². The summed E-state index contributed by atoms with van der Waals surface area (Å²) in [4.78, 5) is 0. The zero-order valence-corrected chi connectivity index (χ0v) is 30.4. The van der Waals surface area contributed by atoms with Crippen LogP contribution in [-0.2, 0) is 22.0 Å². The van der Waals surface area contributed by atoms with Crippen molar-refractivity contribution in [2.75, 3.05) is 0 Å². The molecule has 6 aromatic rings. The standard InChI is InChI=1S/C44H34Br2O2/c1-41(2)33-11-7-5-9-29(33)31-17-13-25(21-37(31)41)43(47)35-19-15-28(46)24-40(35)44(48,36-20-16-27(45)23-39(36)43)26-14-18-32-30-10-6-8-12-34(30)42(3,4)38(32)22-26/h5-24,47-48H,1-4H3. The largest absolute Gasteiger partial charge is 0.376 e. The van der Waals surface area contributed by atoms with Crippen molar-refractivity contribution >= 4 is 31.9 Å². The Morgan fingerprint density at radius 3 is 1.17 bits per heavy atom. The van der Waals surface area contributed by atoms with Crippen LogP contribution in [0, 0.1) is 0 Å². The van der Waals surface area contributed by atoms with Crippen molar-refractivity contribution < 1.29 is 10.2 Å². The second kappa shape index (κ2) is 9.89. The van der Waals surface area contributed by atoms with Gasteiger partial charge in [0.05, 0.1) is 0 Å². The molecule has 3 aliphatic rings. The second-order valence-corrected chi connectivity index (χ2v) is 16.5. The van der Waals surface area contributed by atoms with Gasteiger partial charge in [-0.15, -0.1) is 0 Å². The highest BCUT2D eigenvalue weighted by atomic mass is 79.9. The maximum atomic E-state index is 13.4. The summed E-state index contributed by atoms with van der Waals surface area (Å²) in [5.74, 6) is 0. The first-order chi connectivity index (χ1) is 22.9. The van der Waals surface area contributed by atoms with E-state index in [4.69, 9.17) is 0 Å². The number of hydrogen-bond acceptors (Lipinski definition) is 2. The van der Waals surface area contributed by atoms with Crippen molar-refractivity contribution in [2.24, 2.45) is 0 Å². The smallest absolute Gasteiger partial charge is 0.141 e. The molecule has 0 fully saturated rings. The van der Waals surface area contributed by atoms with Crippen molar-refractivity contribution in [1.82, 2.24) is 0 Å². The lowest BCUT2D eigenvalue weighted by atomic mass is 9.63. The Kier molecular flexibility index (Phi) is 6.24. The van der Waals surface area contributed by atoms with E-state index in [-0.39, 0.29) is 10.8 Å². The van der Waals surface area contributed by atoms with Gasteiger partial charge in [0, 0.05) is 30.9 Å². The molecule has 2 unspecified atom stereocenters. The van der Waals surface area contributed by atoms with E-state index in [2.05, 4.69) is 144 Å². The Bertz CT molecular complexity index is 2200. The Balaban J connectivity index is 1.30. The summed E-state index contributed by atoms with van der Waals surface area (Å²) in [7, 11) is 0. The highest BCUT2D eigenvalue weighted by molar-refractivity contribution is 9.10. The van der Waals surface area contributed by atoms with Crippen LogP contribution in [0.25, 0.3) is 22.3 Å². The van der Waals surface area contributed by atoms with Crippen molar-refractivity contribution in [1.29, 1.82) is 0 Å². The molecule has 0 amide bonds. The number of benzene rings is 6. The highest BCUT2D eigenvalue weighted by Crippen LogP contribution is 2.57. The number of fused-ring (bicyclic) bond motifs is 8. The average Bonchev–Trinajstić information content (AvgIpc) is 3.46. The van der Waals surface area contributed by atoms with E-state index in [9.17, 15) is 10.2 Å². The number of halogens is 2. The van der Waals surface area contributed by atoms with Crippen LogP contribution in [0.1, 0.15) is 83.3 Å². The Morgan fingerprint density at radius 2 is 0.750 bits per heavy atom. The van der Waals surface area contributed by atoms with Gasteiger partial charge in [-0.1, -0.05) is 157 Å². The molecular weight excluding hydrogens is 720 g/mol. The molecule has 0 saturated carbocycles. The predicted molar refractivity (Wildman–Crippen MR) is 200 cm³/mol. The van der Waals surface area contributed by atoms with Crippen LogP contribution in [0.2, 0.25) is 0 Å². The van der Waals surface area contributed by atoms with Gasteiger partial charge >= 0.3 is 0 Å². The van der Waals surface area contributed by atoms with Crippen molar-refractivity contribution in [2.45, 2.75) is 49.7 Å². The Hall–Kier alpha value is -3.80. The third kappa shape index (κ3) is 3.75. The summed E-state index contributed by atoms with van der Waals surface area (Å²) >= 11 is 7.44. The van der Waals surface area contributed by atoms with E-state index in [0.29, 0.717) is 22.3 Å². The molecule has 3 aliphatic carbocycles. The molecule has 236 valence electrons. The van der Waals surface area contributed by atoms with Crippen LogP contribution >= 0.6 is 31.9 Å². The fourth-order valence-corrected chi connectivity index (χ4v) is 9.76. The molecule has 9 rings (SSSR count). The SMILES string of the molecule is CC1(C)c2ccccc2-c2ccc(C3(O)c4ccc(Br)cc4C(O)(c4ccc5c(c4)C(C)(C)c4ccccc4-5)c4ccc(Br)cc43)cc21. The van der Waals surface area contributed by atoms with E-state index in [1.165, 1.54) is 44.5 Å². The van der Waals surface area contributed by atoms with E-state index >= 15 is 0 Å². The first-order valence-corrected chi connectivity index (χ1v) is 18.0. The zero-order valence-electron chi connectivity index (χ0n) is 27.2. The molecular formula is C44H34Br2O2. The van der Waals surface area contributed by atoms with E-state index in [1.54, 1.807) is 0 Å². The minimum Gasteiger partial charge on any atom is -0.376 e. The van der Waals surface area contributed by atoms with Gasteiger partial charge in [0.1, 0.15) is 11.2 Å². The summed E-state index contributed by atoms with van der Waals surface area (Å²) in [5, 5.41) is 26.7. The minimum atomic E-state index is -1.53. The molecule has 0 bridgehead atoms. The zero-order chi connectivity index (χ0) is 33.4. The van der Waals surface area contributed by atoms with Gasteiger partial charge in [0.2, 0.25) is 0 Å². The van der Waals surface area contributed by atoms with Crippen molar-refractivity contribution in [3.63, 3.8) is 0 Å². The summed E-state index contributed by atoms with van der Waals surface area (Å²) < 4.78 is 1.67. The predicted octanol–water partition coefficient (Wildman–Crippen LogP) is 10.7. The summed E-state index contributed by atoms with van der Waals surface area (Å²) in [6, 6.07) is 41.8. The average molecular weight is 755 g/mol. The maximum Gasteiger partial charge on any atom is 0.141 e. The summed E-state index contributed by atoms with van der Waals surface area (Å²) in [6.45, 7) is 9.03. The lowest BCUT2D eigenvalue weighted by Crippen LogP contribution is -2.44.